The molecular formula is C106H105Br3N26O14. The Morgan fingerprint density at radius 1 is 0.483 bits per heavy atom. The van der Waals surface area contributed by atoms with Crippen LogP contribution in [0.1, 0.15) is 169 Å². The van der Waals surface area contributed by atoms with Crippen molar-refractivity contribution < 1.29 is 67.0 Å². The van der Waals surface area contributed by atoms with Crippen molar-refractivity contribution in [3.8, 4) is 33.4 Å². The quantitative estimate of drug-likeness (QED) is 0.0473. The number of likely N-dealkylation sites (tertiary alicyclic amines) is 3. The van der Waals surface area contributed by atoms with Crippen molar-refractivity contribution in [1.82, 2.24) is 119 Å². The van der Waals surface area contributed by atoms with E-state index in [-0.39, 0.29) is 182 Å². The maximum Gasteiger partial charge on any atom is 0.248 e. The number of aryl methyl sites for hydroxylation is 3. The summed E-state index contributed by atoms with van der Waals surface area (Å²) in [5.41, 5.74) is 9.72. The number of amides is 8. The molecule has 43 heteroatoms. The zero-order valence-electron chi connectivity index (χ0n) is 82.8. The second-order valence-electron chi connectivity index (χ2n) is 39.7. The van der Waals surface area contributed by atoms with Crippen LogP contribution < -0.4 is 21.3 Å². The van der Waals surface area contributed by atoms with Crippen LogP contribution in [0.3, 0.4) is 0 Å². The van der Waals surface area contributed by atoms with Crippen molar-refractivity contribution in [3.05, 3.63) is 235 Å². The Bertz CT molecular complexity index is 7700. The Morgan fingerprint density at radius 2 is 0.960 bits per heavy atom. The fourth-order valence-corrected chi connectivity index (χ4v) is 22.5. The number of rotatable bonds is 13. The van der Waals surface area contributed by atoms with E-state index in [1.165, 1.54) is 32.4 Å². The zero-order valence-corrected chi connectivity index (χ0v) is 87.6. The average molecular weight is 2210 g/mol. The van der Waals surface area contributed by atoms with Gasteiger partial charge in [-0.05, 0) is 210 Å². The lowest BCUT2D eigenvalue weighted by Gasteiger charge is -2.27. The molecule has 10 atom stereocenters. The van der Waals surface area contributed by atoms with Gasteiger partial charge in [0.05, 0.1) is 80.3 Å². The van der Waals surface area contributed by atoms with Gasteiger partial charge >= 0.3 is 0 Å². The molecule has 6 aliphatic heterocycles. The van der Waals surface area contributed by atoms with Crippen LogP contribution in [0.25, 0.3) is 66.1 Å². The summed E-state index contributed by atoms with van der Waals surface area (Å²) in [6.07, 6.45) is 26.6. The molecule has 40 nitrogen and oxygen atoms in total. The largest absolute Gasteiger partial charge is 0.373 e. The molecule has 9 aliphatic rings. The topological polar surface area (TPSA) is 485 Å². The summed E-state index contributed by atoms with van der Waals surface area (Å²) in [5, 5.41) is 35.8. The predicted octanol–water partition coefficient (Wildman–Crippen LogP) is 11.8. The number of ether oxygens (including phenoxy) is 2. The monoisotopic (exact) mass is 2200 g/mol. The number of Topliss-reactive ketones (excluding diaryl/α,β-unsaturated/α-hetero) is 4. The minimum atomic E-state index is -0.890. The first-order chi connectivity index (χ1) is 71.6. The minimum Gasteiger partial charge on any atom is -0.373 e. The first-order valence-corrected chi connectivity index (χ1v) is 51.6. The molecule has 0 radical (unpaired) electrons. The molecule has 4 N–H and O–H groups in total. The fourth-order valence-electron chi connectivity index (χ4n) is 21.5. The Hall–Kier alpha value is -14.8. The normalized spacial score (nSPS) is 22.6. The number of hydrogen-bond donors (Lipinski definition) is 4. The smallest absolute Gasteiger partial charge is 0.248 e. The number of likely N-dealkylation sites (N-methyl/N-ethyl adjacent to an activating group) is 1. The number of allylic oxidation sites excluding steroid dienone is 1. The van der Waals surface area contributed by atoms with Gasteiger partial charge in [-0.3, -0.25) is 76.3 Å². The van der Waals surface area contributed by atoms with Gasteiger partial charge in [0, 0.05) is 163 Å². The van der Waals surface area contributed by atoms with Gasteiger partial charge < -0.3 is 50.3 Å². The van der Waals surface area contributed by atoms with E-state index in [1.54, 1.807) is 127 Å². The Balaban J connectivity index is 0.000000136. The van der Waals surface area contributed by atoms with E-state index in [2.05, 4.69) is 152 Å². The molecule has 3 saturated carbocycles. The molecule has 149 heavy (non-hydrogen) atoms. The van der Waals surface area contributed by atoms with E-state index in [9.17, 15) is 57.5 Å². The van der Waals surface area contributed by atoms with Crippen LogP contribution >= 0.6 is 47.8 Å². The number of carbonyl (C=O) groups is 12. The number of anilines is 2. The Labute approximate surface area is 879 Å². The summed E-state index contributed by atoms with van der Waals surface area (Å²) in [6, 6.07) is 23.9. The summed E-state index contributed by atoms with van der Waals surface area (Å²) in [5.74, 6) is -0.599. The minimum absolute atomic E-state index is 0.0594. The zero-order chi connectivity index (χ0) is 104. The summed E-state index contributed by atoms with van der Waals surface area (Å²) in [4.78, 5) is 208. The lowest BCUT2D eigenvalue weighted by atomic mass is 9.94. The molecule has 13 aromatic rings. The third kappa shape index (κ3) is 21.3. The van der Waals surface area contributed by atoms with Gasteiger partial charge in [0.25, 0.3) is 0 Å². The number of hydrogen-bond acceptors (Lipinski definition) is 28. The first-order valence-electron chi connectivity index (χ1n) is 49.2. The number of fused-ring (bicyclic) bond motifs is 11. The lowest BCUT2D eigenvalue weighted by Crippen LogP contribution is -2.47. The first kappa shape index (κ1) is 101. The average Bonchev–Trinajstić information content (AvgIpc) is 1.54. The number of carbonyl (C=O) groups excluding carboxylic acids is 12. The van der Waals surface area contributed by atoms with E-state index in [1.807, 2.05) is 80.7 Å². The van der Waals surface area contributed by atoms with Crippen molar-refractivity contribution in [1.29, 1.82) is 0 Å². The van der Waals surface area contributed by atoms with Crippen molar-refractivity contribution in [2.24, 2.45) is 16.2 Å². The molecule has 3 saturated heterocycles. The summed E-state index contributed by atoms with van der Waals surface area (Å²) < 4.78 is 19.8. The number of piperidine rings is 3. The van der Waals surface area contributed by atoms with Crippen LogP contribution in [0.4, 0.5) is 11.6 Å². The molecule has 3 aliphatic carbocycles. The van der Waals surface area contributed by atoms with Gasteiger partial charge in [0.1, 0.15) is 103 Å². The number of nitrogens with zero attached hydrogens (tertiary/aromatic N) is 22. The van der Waals surface area contributed by atoms with Crippen LogP contribution in [0.5, 0.6) is 0 Å². The maximum absolute atomic E-state index is 14.4. The summed E-state index contributed by atoms with van der Waals surface area (Å²) in [7, 11) is 1.80. The van der Waals surface area contributed by atoms with Gasteiger partial charge in [-0.1, -0.05) is 65.9 Å². The van der Waals surface area contributed by atoms with E-state index < -0.39 is 35.5 Å². The summed E-state index contributed by atoms with van der Waals surface area (Å²) >= 11 is 10.2. The van der Waals surface area contributed by atoms with E-state index >= 15 is 0 Å². The highest BCUT2D eigenvalue weighted by molar-refractivity contribution is 9.11. The van der Waals surface area contributed by atoms with Gasteiger partial charge in [0.15, 0.2) is 23.1 Å². The molecular weight excluding hydrogens is 2100 g/mol. The standard InChI is InChI=1S/C37H38BrN9O6.C36H37BrN8O4.C33H30BrN9O4/c1-20(48)33-26-12-23(25-15-39-21(2)40-16-25)7-9-28(26)46(45-33)17-32(50)47-29-13-37(14-30(37)47)19-41-35(51)27(42-22(3)49)6-4-5-11-53-18-24-8-10-31(38)43-34(24)44-36(29)52;1-21(46)33-26-14-23(25-18-38-22(2)39-19-25)8-10-27(26)44(42-33)20-32(48)45-28-16-36(17-29(36)45)12-6-4-5-7-13-43(3)31(47)15-24-9-11-30(37)40-34(24)41-35(28)49;1-18(44)32-24-7-20(22-11-35-19(2)36-12-22)3-5-26(24)42(39-32)14-31(46)43-27-9-33(10-29(33)43)17-41-13-23(38-40-41)16-47-15-21-4-6-30(34)37-25(21)8-28(27)45/h4-5,7-10,12,15-16,27,29-30H,6,11,13-14,17-19H2,1-3H3,(H,41,51)(H,42,49)(H,43,44,52);6,8-12,14,18-19,28-29H,4-5,7,13,15-17,20H2,1-3H3,(H,40,41,49);3-7,11-13,27,29H,8-10,14-17H2,1-2H3/t27-,29-,30+,37-;28-,29+,36-;27-,29+,33-/m000/s1. The molecule has 0 unspecified atom stereocenters. The van der Waals surface area contributed by atoms with Crippen molar-refractivity contribution in [2.75, 3.05) is 37.4 Å². The number of ketones is 4. The fraction of sp³-hybridized carbons (Fsp3) is 0.377. The van der Waals surface area contributed by atoms with E-state index in [4.69, 9.17) is 9.47 Å². The van der Waals surface area contributed by atoms with Crippen LogP contribution in [-0.2, 0) is 111 Å². The van der Waals surface area contributed by atoms with Crippen LogP contribution in [0.15, 0.2) is 172 Å². The predicted molar refractivity (Wildman–Crippen MR) is 553 cm³/mol. The molecule has 16 heterocycles. The second kappa shape index (κ2) is 41.7. The van der Waals surface area contributed by atoms with Crippen molar-refractivity contribution in [2.45, 2.75) is 214 Å². The highest BCUT2D eigenvalue weighted by atomic mass is 79.9. The van der Waals surface area contributed by atoms with Gasteiger partial charge in [0.2, 0.25) is 47.3 Å². The van der Waals surface area contributed by atoms with Gasteiger partial charge in [-0.2, -0.15) is 15.3 Å². The van der Waals surface area contributed by atoms with Gasteiger partial charge in [-0.15, -0.1) is 5.10 Å². The van der Waals surface area contributed by atoms with Crippen molar-refractivity contribution in [3.63, 3.8) is 0 Å². The number of benzene rings is 3. The van der Waals surface area contributed by atoms with Crippen LogP contribution in [-0.4, -0.2) is 248 Å². The van der Waals surface area contributed by atoms with E-state index in [0.29, 0.717) is 137 Å². The molecule has 3 spiro atoms. The number of nitrogens with one attached hydrogen (secondary N) is 4. The molecule has 3 aromatic carbocycles. The Kier molecular flexibility index (Phi) is 28.4. The molecule has 6 fully saturated rings. The highest BCUT2D eigenvalue weighted by Crippen LogP contribution is 2.63. The molecule has 8 bridgehead atoms. The van der Waals surface area contributed by atoms with E-state index in [0.717, 1.165) is 71.0 Å². The molecule has 8 amide bonds. The highest BCUT2D eigenvalue weighted by Gasteiger charge is 2.69. The molecule has 764 valence electrons. The Morgan fingerprint density at radius 3 is 1.50 bits per heavy atom. The number of aromatic nitrogens is 18. The van der Waals surface area contributed by atoms with Gasteiger partial charge in [-0.25, -0.2) is 44.9 Å². The second-order valence-corrected chi connectivity index (χ2v) is 42.2. The maximum atomic E-state index is 14.4. The van der Waals surface area contributed by atoms with Crippen LogP contribution in [0, 0.1) is 37.0 Å². The molecule has 22 rings (SSSR count). The summed E-state index contributed by atoms with van der Waals surface area (Å²) in [6.45, 7) is 12.9. The van der Waals surface area contributed by atoms with Crippen LogP contribution in [0.2, 0.25) is 0 Å². The third-order valence-corrected chi connectivity index (χ3v) is 30.7. The molecule has 10 aromatic heterocycles. The lowest BCUT2D eigenvalue weighted by molar-refractivity contribution is -0.139. The van der Waals surface area contributed by atoms with Crippen molar-refractivity contribution >= 4 is 163 Å². The third-order valence-electron chi connectivity index (χ3n) is 29.4. The SMILES string of the molecule is CC(=O)N[C@H]1CC=CCOCc2ccc(Br)nc2NC(=O)[C@@H]2C[C@@]3(CNC1=O)C[C@H]3N2C(=O)Cn1nc(C(C)=O)c2cc(-c3cnc(C)nc3)ccc21.CC(=O)c1nn(CC(=O)N2[C@H]3C[C@@]4(C=CCCCCN(C)C(=O)Cc5ccc(Br)nc5NC3=O)C[C@@H]24)c2ccc(-c3cnc(C)nc3)cc12.CC(=O)c1nn(CC(=O)N2[C@H]3C[C@]4(C[C@@H]24)Cn2cc(nn2)COCc2ccc(Br)nc2CC3=O)c2ccc(-c3cnc(C)nc3)cc12. The number of pyridine rings is 3. The number of halogens is 3.